The predicted molar refractivity (Wildman–Crippen MR) is 75.7 cm³/mol. The van der Waals surface area contributed by atoms with Gasteiger partial charge in [-0.3, -0.25) is 4.79 Å². The number of benzene rings is 1. The fraction of sp³-hybridized carbons (Fsp3) is 0.267. The minimum Gasteiger partial charge on any atom is -0.478 e. The van der Waals surface area contributed by atoms with E-state index < -0.39 is 0 Å². The minimum absolute atomic E-state index is 0.0122. The van der Waals surface area contributed by atoms with Crippen molar-refractivity contribution in [1.82, 2.24) is 9.97 Å². The molecule has 1 N–H and O–H groups in total. The van der Waals surface area contributed by atoms with Gasteiger partial charge in [0.25, 0.3) is 5.91 Å². The third-order valence-electron chi connectivity index (χ3n) is 3.20. The molecule has 0 unspecified atom stereocenters. The molecule has 0 atom stereocenters. The van der Waals surface area contributed by atoms with Crippen molar-refractivity contribution in [3.05, 3.63) is 36.0 Å². The Kier molecular flexibility index (Phi) is 3.10. The van der Waals surface area contributed by atoms with Crippen LogP contribution in [0.1, 0.15) is 25.3 Å². The first kappa shape index (κ1) is 12.6. The van der Waals surface area contributed by atoms with E-state index in [0.717, 1.165) is 5.56 Å². The molecule has 5 heteroatoms. The molecule has 0 radical (unpaired) electrons. The molecule has 2 aromatic rings. The number of nitrogens with one attached hydrogen (secondary N) is 1. The van der Waals surface area contributed by atoms with Crippen LogP contribution in [-0.4, -0.2) is 22.5 Å². The molecule has 1 aliphatic heterocycles. The number of ether oxygens (including phenoxy) is 1. The fourth-order valence-corrected chi connectivity index (χ4v) is 2.21. The number of hydrogen-bond donors (Lipinski definition) is 1. The molecule has 1 aromatic carbocycles. The van der Waals surface area contributed by atoms with E-state index in [1.54, 1.807) is 6.20 Å². The number of carbonyl (C=O) groups is 1. The number of anilines is 1. The summed E-state index contributed by atoms with van der Waals surface area (Å²) in [5.41, 5.74) is 2.15. The molecule has 0 fully saturated rings. The molecule has 1 aromatic heterocycles. The molecule has 2 heterocycles. The van der Waals surface area contributed by atoms with Crippen molar-refractivity contribution in [2.24, 2.45) is 0 Å². The average Bonchev–Trinajstić information content (AvgIpc) is 2.46. The second-order valence-corrected chi connectivity index (χ2v) is 4.99. The van der Waals surface area contributed by atoms with Gasteiger partial charge in [-0.05, 0) is 11.5 Å². The number of amides is 1. The summed E-state index contributed by atoms with van der Waals surface area (Å²) in [5.74, 6) is 1.72. The maximum absolute atomic E-state index is 11.4. The van der Waals surface area contributed by atoms with Crippen molar-refractivity contribution >= 4 is 11.7 Å². The normalized spacial score (nSPS) is 13.7. The van der Waals surface area contributed by atoms with E-state index in [9.17, 15) is 4.79 Å². The third kappa shape index (κ3) is 2.22. The van der Waals surface area contributed by atoms with Crippen molar-refractivity contribution in [3.8, 4) is 17.1 Å². The average molecular weight is 269 g/mol. The first-order valence-electron chi connectivity index (χ1n) is 6.54. The largest absolute Gasteiger partial charge is 0.478 e. The first-order valence-corrected chi connectivity index (χ1v) is 6.54. The summed E-state index contributed by atoms with van der Waals surface area (Å²) in [6, 6.07) is 8.02. The molecule has 0 saturated carbocycles. The van der Waals surface area contributed by atoms with Gasteiger partial charge in [0.05, 0.1) is 6.20 Å². The molecule has 0 aliphatic carbocycles. The van der Waals surface area contributed by atoms with Crippen LogP contribution >= 0.6 is 0 Å². The number of carbonyl (C=O) groups excluding carboxylic acids is 1. The third-order valence-corrected chi connectivity index (χ3v) is 3.20. The zero-order chi connectivity index (χ0) is 14.1. The Morgan fingerprint density at radius 2 is 2.10 bits per heavy atom. The maximum atomic E-state index is 11.4. The second kappa shape index (κ2) is 4.92. The van der Waals surface area contributed by atoms with Crippen LogP contribution in [0.25, 0.3) is 11.4 Å². The van der Waals surface area contributed by atoms with Crippen LogP contribution in [-0.2, 0) is 4.79 Å². The molecule has 1 aliphatic rings. The van der Waals surface area contributed by atoms with Crippen LogP contribution in [0.3, 0.4) is 0 Å². The Hall–Kier alpha value is -2.43. The summed E-state index contributed by atoms with van der Waals surface area (Å²) in [6.45, 7) is 4.27. The molecule has 20 heavy (non-hydrogen) atoms. The van der Waals surface area contributed by atoms with Crippen LogP contribution in [0.15, 0.2) is 30.5 Å². The van der Waals surface area contributed by atoms with Gasteiger partial charge in [0.1, 0.15) is 0 Å². The minimum atomic E-state index is -0.195. The Morgan fingerprint density at radius 3 is 2.90 bits per heavy atom. The highest BCUT2D eigenvalue weighted by atomic mass is 16.5. The van der Waals surface area contributed by atoms with E-state index in [2.05, 4.69) is 35.2 Å². The van der Waals surface area contributed by atoms with Crippen LogP contribution in [0, 0.1) is 0 Å². The van der Waals surface area contributed by atoms with E-state index in [4.69, 9.17) is 4.74 Å². The predicted octanol–water partition coefficient (Wildman–Crippen LogP) is 2.60. The van der Waals surface area contributed by atoms with E-state index >= 15 is 0 Å². The summed E-state index contributed by atoms with van der Waals surface area (Å²) < 4.78 is 5.27. The fourth-order valence-electron chi connectivity index (χ4n) is 2.21. The monoisotopic (exact) mass is 269 g/mol. The summed E-state index contributed by atoms with van der Waals surface area (Å²) in [7, 11) is 0. The summed E-state index contributed by atoms with van der Waals surface area (Å²) >= 11 is 0. The van der Waals surface area contributed by atoms with Gasteiger partial charge in [-0.25, -0.2) is 9.97 Å². The van der Waals surface area contributed by atoms with Crippen molar-refractivity contribution in [2.75, 3.05) is 11.9 Å². The van der Waals surface area contributed by atoms with E-state index in [1.165, 1.54) is 5.56 Å². The Balaban J connectivity index is 2.07. The van der Waals surface area contributed by atoms with Gasteiger partial charge in [-0.2, -0.15) is 0 Å². The topological polar surface area (TPSA) is 64.1 Å². The molecular weight excluding hydrogens is 254 g/mol. The Morgan fingerprint density at radius 1 is 1.30 bits per heavy atom. The molecule has 3 rings (SSSR count). The van der Waals surface area contributed by atoms with Crippen molar-refractivity contribution in [1.29, 1.82) is 0 Å². The van der Waals surface area contributed by atoms with Crippen LogP contribution < -0.4 is 10.1 Å². The van der Waals surface area contributed by atoms with Crippen molar-refractivity contribution in [3.63, 3.8) is 0 Å². The molecule has 102 valence electrons. The smallest absolute Gasteiger partial charge is 0.263 e. The van der Waals surface area contributed by atoms with Gasteiger partial charge < -0.3 is 10.1 Å². The van der Waals surface area contributed by atoms with E-state index in [-0.39, 0.29) is 12.5 Å². The number of hydrogen-bond acceptors (Lipinski definition) is 4. The van der Waals surface area contributed by atoms with Gasteiger partial charge in [0.2, 0.25) is 0 Å². The Labute approximate surface area is 117 Å². The summed E-state index contributed by atoms with van der Waals surface area (Å²) in [5, 5.41) is 2.70. The highest BCUT2D eigenvalue weighted by Gasteiger charge is 2.19. The first-order chi connectivity index (χ1) is 9.65. The SMILES string of the molecule is CC(C)c1ccccc1-c1ncc2c(n1)NC(=O)CO2. The highest BCUT2D eigenvalue weighted by Crippen LogP contribution is 2.30. The van der Waals surface area contributed by atoms with Crippen molar-refractivity contribution in [2.45, 2.75) is 19.8 Å². The van der Waals surface area contributed by atoms with Gasteiger partial charge >= 0.3 is 0 Å². The number of aromatic nitrogens is 2. The summed E-state index contributed by atoms with van der Waals surface area (Å²) in [6.07, 6.45) is 1.61. The highest BCUT2D eigenvalue weighted by molar-refractivity contribution is 5.94. The van der Waals surface area contributed by atoms with Gasteiger partial charge in [0.15, 0.2) is 24.0 Å². The lowest BCUT2D eigenvalue weighted by Crippen LogP contribution is -2.26. The zero-order valence-electron chi connectivity index (χ0n) is 11.4. The second-order valence-electron chi connectivity index (χ2n) is 4.99. The quantitative estimate of drug-likeness (QED) is 0.910. The lowest BCUT2D eigenvalue weighted by atomic mass is 9.97. The van der Waals surface area contributed by atoms with E-state index in [1.807, 2.05) is 18.2 Å². The van der Waals surface area contributed by atoms with Crippen molar-refractivity contribution < 1.29 is 9.53 Å². The lowest BCUT2D eigenvalue weighted by Gasteiger charge is -2.18. The van der Waals surface area contributed by atoms with Gasteiger partial charge in [-0.1, -0.05) is 38.1 Å². The standard InChI is InChI=1S/C15H15N3O2/c1-9(2)10-5-3-4-6-11(10)14-16-7-12-15(18-14)17-13(19)8-20-12/h3-7,9H,8H2,1-2H3,(H,16,17,18,19). The van der Waals surface area contributed by atoms with Crippen LogP contribution in [0.4, 0.5) is 5.82 Å². The number of nitrogens with zero attached hydrogens (tertiary/aromatic N) is 2. The molecule has 1 amide bonds. The molecule has 5 nitrogen and oxygen atoms in total. The molecular formula is C15H15N3O2. The van der Waals surface area contributed by atoms with Gasteiger partial charge in [-0.15, -0.1) is 0 Å². The molecule has 0 spiro atoms. The van der Waals surface area contributed by atoms with E-state index in [0.29, 0.717) is 23.3 Å². The molecule has 0 bridgehead atoms. The Bertz CT molecular complexity index is 668. The van der Waals surface area contributed by atoms with Gasteiger partial charge in [0, 0.05) is 5.56 Å². The van der Waals surface area contributed by atoms with Crippen LogP contribution in [0.2, 0.25) is 0 Å². The zero-order valence-corrected chi connectivity index (χ0v) is 11.4. The number of rotatable bonds is 2. The maximum Gasteiger partial charge on any atom is 0.263 e. The molecule has 0 saturated heterocycles. The lowest BCUT2D eigenvalue weighted by molar-refractivity contribution is -0.118. The summed E-state index contributed by atoms with van der Waals surface area (Å²) in [4.78, 5) is 20.1. The van der Waals surface area contributed by atoms with Crippen LogP contribution in [0.5, 0.6) is 5.75 Å². The number of fused-ring (bicyclic) bond motifs is 1.